The van der Waals surface area contributed by atoms with Gasteiger partial charge in [0.25, 0.3) is 0 Å². The number of hydrogen-bond acceptors (Lipinski definition) is 6. The van der Waals surface area contributed by atoms with Gasteiger partial charge in [0.2, 0.25) is 0 Å². The van der Waals surface area contributed by atoms with Crippen molar-refractivity contribution in [2.24, 2.45) is 0 Å². The second kappa shape index (κ2) is 10.2. The Labute approximate surface area is 245 Å². The van der Waals surface area contributed by atoms with Crippen molar-refractivity contribution in [2.75, 3.05) is 19.7 Å². The van der Waals surface area contributed by atoms with Crippen LogP contribution in [0.1, 0.15) is 52.0 Å². The first-order chi connectivity index (χ1) is 19.8. The van der Waals surface area contributed by atoms with Crippen molar-refractivity contribution >= 4 is 44.8 Å². The number of nitrogens with zero attached hydrogens (tertiary/aromatic N) is 3. The molecule has 2 aromatic carbocycles. The monoisotopic (exact) mass is 593 g/mol. The standard InChI is InChI=1S/C31H29ClFN3O4S/c1-31(23-6-5-19(32)13-24(23)33)15-22-21(3-2-4-26(22)40-31)18-7-10-35(11-8-18)17-28-34-29-25(14-27(41-29)30(37)38)36(28)16-20-9-12-39-20/h2-7,13-14,20H,8-12,15-17H2,1H3,(H,37,38)/t20-,31+/m0/s1. The maximum atomic E-state index is 14.9. The van der Waals surface area contributed by atoms with Crippen LogP contribution in [0.15, 0.2) is 48.5 Å². The molecule has 0 saturated carbocycles. The van der Waals surface area contributed by atoms with Crippen LogP contribution < -0.4 is 4.74 Å². The molecule has 0 aliphatic carbocycles. The minimum Gasteiger partial charge on any atom is -0.482 e. The van der Waals surface area contributed by atoms with E-state index in [0.29, 0.717) is 35.0 Å². The Kier molecular flexibility index (Phi) is 6.65. The van der Waals surface area contributed by atoms with Crippen LogP contribution in [0.3, 0.4) is 0 Å². The molecular formula is C31H29ClFN3O4S. The predicted octanol–water partition coefficient (Wildman–Crippen LogP) is 6.52. The van der Waals surface area contributed by atoms with Crippen molar-refractivity contribution in [2.45, 2.75) is 51.0 Å². The van der Waals surface area contributed by atoms with E-state index in [0.717, 1.165) is 65.6 Å². The van der Waals surface area contributed by atoms with Gasteiger partial charge in [0.1, 0.15) is 32.7 Å². The number of hydrogen-bond donors (Lipinski definition) is 1. The molecule has 212 valence electrons. The number of carboxylic acids is 1. The van der Waals surface area contributed by atoms with E-state index in [1.165, 1.54) is 23.0 Å². The molecular weight excluding hydrogens is 565 g/mol. The Bertz CT molecular complexity index is 1710. The van der Waals surface area contributed by atoms with Gasteiger partial charge in [-0.15, -0.1) is 11.3 Å². The Morgan fingerprint density at radius 1 is 1.29 bits per heavy atom. The minimum absolute atomic E-state index is 0.140. The molecule has 0 unspecified atom stereocenters. The third-order valence-corrected chi connectivity index (χ3v) is 9.65. The number of carboxylic acid groups (broad SMARTS) is 1. The third kappa shape index (κ3) is 4.84. The summed E-state index contributed by atoms with van der Waals surface area (Å²) in [5.41, 5.74) is 4.10. The molecule has 0 radical (unpaired) electrons. The summed E-state index contributed by atoms with van der Waals surface area (Å²) in [4.78, 5) is 19.8. The lowest BCUT2D eigenvalue weighted by Crippen LogP contribution is -2.33. The van der Waals surface area contributed by atoms with Gasteiger partial charge in [-0.05, 0) is 55.2 Å². The SMILES string of the molecule is C[C@]1(c2ccc(Cl)cc2F)Cc2c(cccc2C2=CCN(Cc3nc4sc(C(=O)O)cc4n3C[C@@H]3CCO3)CC2)O1. The highest BCUT2D eigenvalue weighted by atomic mass is 35.5. The number of thiophene rings is 1. The molecule has 2 atom stereocenters. The van der Waals surface area contributed by atoms with Gasteiger partial charge >= 0.3 is 5.97 Å². The van der Waals surface area contributed by atoms with Crippen LogP contribution >= 0.6 is 22.9 Å². The van der Waals surface area contributed by atoms with Crippen LogP contribution in [-0.4, -0.2) is 51.3 Å². The lowest BCUT2D eigenvalue weighted by molar-refractivity contribution is -0.0591. The number of carbonyl (C=O) groups is 1. The quantitative estimate of drug-likeness (QED) is 0.263. The summed E-state index contributed by atoms with van der Waals surface area (Å²) in [6, 6.07) is 12.6. The van der Waals surface area contributed by atoms with E-state index in [9.17, 15) is 14.3 Å². The summed E-state index contributed by atoms with van der Waals surface area (Å²) in [5, 5.41) is 9.82. The fourth-order valence-electron chi connectivity index (χ4n) is 6.15. The summed E-state index contributed by atoms with van der Waals surface area (Å²) >= 11 is 7.22. The predicted molar refractivity (Wildman–Crippen MR) is 156 cm³/mol. The largest absolute Gasteiger partial charge is 0.482 e. The van der Waals surface area contributed by atoms with Gasteiger partial charge in [-0.3, -0.25) is 4.90 Å². The first-order valence-corrected chi connectivity index (χ1v) is 15.0. The van der Waals surface area contributed by atoms with Crippen molar-refractivity contribution in [1.29, 1.82) is 0 Å². The van der Waals surface area contributed by atoms with E-state index in [1.54, 1.807) is 18.2 Å². The van der Waals surface area contributed by atoms with Crippen LogP contribution in [0, 0.1) is 5.82 Å². The van der Waals surface area contributed by atoms with Crippen LogP contribution in [0.25, 0.3) is 15.9 Å². The molecule has 3 aliphatic heterocycles. The van der Waals surface area contributed by atoms with Crippen molar-refractivity contribution < 1.29 is 23.8 Å². The fourth-order valence-corrected chi connectivity index (χ4v) is 7.20. The molecule has 1 fully saturated rings. The highest BCUT2D eigenvalue weighted by molar-refractivity contribution is 7.20. The van der Waals surface area contributed by atoms with Crippen molar-refractivity contribution in [1.82, 2.24) is 14.5 Å². The van der Waals surface area contributed by atoms with Gasteiger partial charge in [0, 0.05) is 42.3 Å². The summed E-state index contributed by atoms with van der Waals surface area (Å²) in [5.74, 6) is 0.447. The zero-order chi connectivity index (χ0) is 28.3. The van der Waals surface area contributed by atoms with E-state index in [1.807, 2.05) is 19.1 Å². The molecule has 1 saturated heterocycles. The van der Waals surface area contributed by atoms with Crippen LogP contribution in [-0.2, 0) is 29.8 Å². The molecule has 4 aromatic rings. The lowest BCUT2D eigenvalue weighted by atomic mass is 9.86. The van der Waals surface area contributed by atoms with Gasteiger partial charge in [-0.1, -0.05) is 35.9 Å². The molecule has 7 rings (SSSR count). The fraction of sp³-hybridized carbons (Fsp3) is 0.355. The van der Waals surface area contributed by atoms with Crippen molar-refractivity contribution in [3.63, 3.8) is 0 Å². The minimum atomic E-state index is -0.925. The zero-order valence-corrected chi connectivity index (χ0v) is 24.1. The molecule has 5 heterocycles. The number of ether oxygens (including phenoxy) is 2. The summed E-state index contributed by atoms with van der Waals surface area (Å²) in [6.45, 7) is 5.68. The number of imidazole rings is 1. The van der Waals surface area contributed by atoms with E-state index in [4.69, 9.17) is 26.1 Å². The molecule has 2 aromatic heterocycles. The average Bonchev–Trinajstić information content (AvgIpc) is 3.57. The summed E-state index contributed by atoms with van der Waals surface area (Å²) in [6.07, 6.45) is 4.85. The zero-order valence-electron chi connectivity index (χ0n) is 22.5. The summed E-state index contributed by atoms with van der Waals surface area (Å²) < 4.78 is 29.0. The lowest BCUT2D eigenvalue weighted by Gasteiger charge is -2.29. The molecule has 41 heavy (non-hydrogen) atoms. The smallest absolute Gasteiger partial charge is 0.346 e. The molecule has 0 bridgehead atoms. The number of fused-ring (bicyclic) bond motifs is 2. The Morgan fingerprint density at radius 3 is 2.85 bits per heavy atom. The number of rotatable bonds is 7. The van der Waals surface area contributed by atoms with Crippen LogP contribution in [0.4, 0.5) is 4.39 Å². The van der Waals surface area contributed by atoms with Gasteiger partial charge in [0.05, 0.1) is 24.7 Å². The highest BCUT2D eigenvalue weighted by Gasteiger charge is 2.40. The van der Waals surface area contributed by atoms with Crippen LogP contribution in [0.5, 0.6) is 5.75 Å². The average molecular weight is 594 g/mol. The Balaban J connectivity index is 1.11. The Hall–Kier alpha value is -3.24. The Morgan fingerprint density at radius 2 is 2.15 bits per heavy atom. The first kappa shape index (κ1) is 26.6. The normalized spacial score (nSPS) is 22.3. The van der Waals surface area contributed by atoms with Gasteiger partial charge < -0.3 is 19.1 Å². The number of aromatic carboxylic acids is 1. The molecule has 0 amide bonds. The second-order valence-corrected chi connectivity index (χ2v) is 12.6. The maximum Gasteiger partial charge on any atom is 0.346 e. The van der Waals surface area contributed by atoms with Crippen LogP contribution in [0.2, 0.25) is 5.02 Å². The van der Waals surface area contributed by atoms with E-state index >= 15 is 0 Å². The van der Waals surface area contributed by atoms with Gasteiger partial charge in [-0.2, -0.15) is 0 Å². The molecule has 10 heteroatoms. The molecule has 1 N–H and O–H groups in total. The van der Waals surface area contributed by atoms with Gasteiger partial charge in [-0.25, -0.2) is 14.2 Å². The van der Waals surface area contributed by atoms with Gasteiger partial charge in [0.15, 0.2) is 0 Å². The van der Waals surface area contributed by atoms with Crippen molar-refractivity contribution in [3.8, 4) is 5.75 Å². The third-order valence-electron chi connectivity index (χ3n) is 8.40. The van der Waals surface area contributed by atoms with E-state index in [2.05, 4.69) is 21.6 Å². The molecule has 0 spiro atoms. The highest BCUT2D eigenvalue weighted by Crippen LogP contribution is 2.45. The maximum absolute atomic E-state index is 14.9. The summed E-state index contributed by atoms with van der Waals surface area (Å²) in [7, 11) is 0. The van der Waals surface area contributed by atoms with E-state index < -0.39 is 11.6 Å². The number of halogens is 2. The first-order valence-electron chi connectivity index (χ1n) is 13.8. The molecule has 7 nitrogen and oxygen atoms in total. The number of aromatic nitrogens is 2. The van der Waals surface area contributed by atoms with E-state index in [-0.39, 0.29) is 11.9 Å². The molecule has 3 aliphatic rings. The number of benzene rings is 2. The van der Waals surface area contributed by atoms with Crippen molar-refractivity contribution in [3.05, 3.63) is 86.8 Å². The second-order valence-electron chi connectivity index (χ2n) is 11.2. The topological polar surface area (TPSA) is 76.8 Å².